The monoisotopic (exact) mass is 1260 g/mol. The number of carbonyl (C=O) groups excluding carboxylic acids is 11. The van der Waals surface area contributed by atoms with Gasteiger partial charge in [0.15, 0.2) is 0 Å². The lowest BCUT2D eigenvalue weighted by molar-refractivity contribution is -0.142. The zero-order valence-corrected chi connectivity index (χ0v) is 52.0. The summed E-state index contributed by atoms with van der Waals surface area (Å²) >= 11 is 0. The van der Waals surface area contributed by atoms with E-state index in [2.05, 4.69) is 53.2 Å². The van der Waals surface area contributed by atoms with Crippen molar-refractivity contribution in [1.29, 1.82) is 0 Å². The normalized spacial score (nSPS) is 23.2. The van der Waals surface area contributed by atoms with Crippen LogP contribution >= 0.6 is 0 Å². The maximum atomic E-state index is 15.0. The third-order valence-corrected chi connectivity index (χ3v) is 15.8. The Bertz CT molecular complexity index is 3090. The van der Waals surface area contributed by atoms with Gasteiger partial charge in [-0.05, 0) is 105 Å². The Balaban J connectivity index is 1.44. The number of phenolic OH excluding ortho intramolecular Hbond substituents is 1. The van der Waals surface area contributed by atoms with Crippen molar-refractivity contribution >= 4 is 65.0 Å². The summed E-state index contributed by atoms with van der Waals surface area (Å²) in [5.41, 5.74) is 14.1. The number of rotatable bonds is 20. The molecule has 25 heteroatoms. The number of benzene rings is 4. The van der Waals surface area contributed by atoms with Crippen LogP contribution in [0.15, 0.2) is 115 Å². The maximum absolute atomic E-state index is 15.0. The zero-order valence-electron chi connectivity index (χ0n) is 52.0. The van der Waals surface area contributed by atoms with E-state index in [1.165, 1.54) is 29.2 Å². The molecule has 0 radical (unpaired) electrons. The molecule has 0 aliphatic carbocycles. The smallest absolute Gasteiger partial charge is 0.246 e. The molecule has 9 atom stereocenters. The van der Waals surface area contributed by atoms with Crippen molar-refractivity contribution in [1.82, 2.24) is 58.1 Å². The molecule has 2 saturated heterocycles. The molecule has 4 aromatic carbocycles. The summed E-state index contributed by atoms with van der Waals surface area (Å²) in [5.74, 6) is -9.42. The summed E-state index contributed by atoms with van der Waals surface area (Å²) in [7, 11) is 0. The second-order valence-electron chi connectivity index (χ2n) is 23.3. The SMILES string of the molecule is CCCNC(=O)C[C@H]1NC(=O)[C@@H](Cc2ccccc2)NC(=O)[C@@H](Cc2ccccc2)NC(=O)[C@@H]2CCCN2C(=O)[C@@H](Cc2ccccc2)NC(=O)CNC(=O)[C@H](CCCN)NC(=O)[C@H](C(C)C)NC(=O)[C@H](Cc2ccc(O)cc2)NC(=O)[C@H](CCCCN)NC1=O. The van der Waals surface area contributed by atoms with Crippen LogP contribution in [0.25, 0.3) is 0 Å². The molecule has 25 nitrogen and oxygen atoms in total. The molecule has 0 unspecified atom stereocenters. The lowest BCUT2D eigenvalue weighted by Crippen LogP contribution is -2.62. The van der Waals surface area contributed by atoms with Gasteiger partial charge < -0.3 is 74.6 Å². The van der Waals surface area contributed by atoms with Crippen LogP contribution in [0.4, 0.5) is 0 Å². The first-order chi connectivity index (χ1) is 43.8. The number of nitrogens with zero attached hydrogens (tertiary/aromatic N) is 1. The number of amides is 11. The van der Waals surface area contributed by atoms with Crippen molar-refractivity contribution < 1.29 is 57.8 Å². The maximum Gasteiger partial charge on any atom is 0.246 e. The van der Waals surface area contributed by atoms with Crippen molar-refractivity contribution in [2.75, 3.05) is 32.7 Å². The standard InChI is InChI=1S/C66H89N13O12/c1-4-33-69-55(81)39-52-62(87)72-48(24-14-15-31-67)59(84)74-51(37-45-27-29-46(80)30-28-45)63(88)78-57(41(2)3)65(90)73-47(25-16-32-68)58(83)70-40-56(82)71-53(38-44-22-12-7-13-23-44)66(91)79-34-17-26-54(79)64(89)77-50(36-43-20-10-6-11-21-43)61(86)75-49(60(85)76-52)35-42-18-8-5-9-19-42/h5-13,18-23,27-30,41,47-54,57,80H,4,14-17,24-26,31-40,67-68H2,1-3H3,(H,69,81)(H,70,83)(H,71,82)(H,72,87)(H,73,90)(H,74,84)(H,75,86)(H,76,85)(H,77,89)(H,78,88)/t47-,48-,49+,50+,51-,52+,53+,54-,57-/m0/s1. The van der Waals surface area contributed by atoms with Gasteiger partial charge >= 0.3 is 0 Å². The van der Waals surface area contributed by atoms with E-state index in [1.54, 1.807) is 105 Å². The van der Waals surface area contributed by atoms with E-state index in [9.17, 15) is 57.8 Å². The summed E-state index contributed by atoms with van der Waals surface area (Å²) in [6.45, 7) is 5.13. The molecule has 15 N–H and O–H groups in total. The number of hydrogen-bond acceptors (Lipinski definition) is 14. The Kier molecular flexibility index (Phi) is 28.4. The first kappa shape index (κ1) is 70.9. The molecule has 2 heterocycles. The third-order valence-electron chi connectivity index (χ3n) is 15.8. The Labute approximate surface area is 530 Å². The molecule has 0 aromatic heterocycles. The Morgan fingerprint density at radius 2 is 0.956 bits per heavy atom. The van der Waals surface area contributed by atoms with Crippen LogP contribution in [0.2, 0.25) is 0 Å². The number of nitrogens with one attached hydrogen (secondary N) is 10. The lowest BCUT2D eigenvalue weighted by atomic mass is 9.99. The Morgan fingerprint density at radius 1 is 0.516 bits per heavy atom. The molecule has 6 rings (SSSR count). The molecule has 4 aromatic rings. The van der Waals surface area contributed by atoms with Crippen molar-refractivity contribution in [3.8, 4) is 5.75 Å². The average molecular weight is 1260 g/mol. The van der Waals surface area contributed by atoms with E-state index < -0.39 is 138 Å². The van der Waals surface area contributed by atoms with Crippen LogP contribution in [0.5, 0.6) is 5.75 Å². The van der Waals surface area contributed by atoms with Gasteiger partial charge in [-0.25, -0.2) is 0 Å². The summed E-state index contributed by atoms with van der Waals surface area (Å²) in [6, 6.07) is 19.7. The van der Waals surface area contributed by atoms with E-state index in [1.807, 2.05) is 6.92 Å². The molecular weight excluding hydrogens is 1170 g/mol. The van der Waals surface area contributed by atoms with Crippen molar-refractivity contribution in [3.05, 3.63) is 138 Å². The van der Waals surface area contributed by atoms with Gasteiger partial charge in [-0.1, -0.05) is 124 Å². The second kappa shape index (κ2) is 36.4. The van der Waals surface area contributed by atoms with Crippen LogP contribution < -0.4 is 64.6 Å². The number of aromatic hydroxyl groups is 1. The van der Waals surface area contributed by atoms with Crippen LogP contribution in [0.3, 0.4) is 0 Å². The van der Waals surface area contributed by atoms with E-state index in [0.29, 0.717) is 41.5 Å². The van der Waals surface area contributed by atoms with Crippen molar-refractivity contribution in [2.45, 2.75) is 159 Å². The zero-order chi connectivity index (χ0) is 65.8. The summed E-state index contributed by atoms with van der Waals surface area (Å²) in [5, 5.41) is 37.4. The number of phenols is 1. The summed E-state index contributed by atoms with van der Waals surface area (Å²) in [6.07, 6.45) is 0.908. The van der Waals surface area contributed by atoms with Gasteiger partial charge in [0.1, 0.15) is 60.1 Å². The predicted molar refractivity (Wildman–Crippen MR) is 339 cm³/mol. The largest absolute Gasteiger partial charge is 0.508 e. The van der Waals surface area contributed by atoms with Gasteiger partial charge in [0.05, 0.1) is 13.0 Å². The highest BCUT2D eigenvalue weighted by Gasteiger charge is 2.41. The van der Waals surface area contributed by atoms with Gasteiger partial charge in [0, 0.05) is 38.8 Å². The van der Waals surface area contributed by atoms with Gasteiger partial charge in [-0.2, -0.15) is 0 Å². The quantitative estimate of drug-likeness (QED) is 0.0523. The number of nitrogens with two attached hydrogens (primary N) is 2. The van der Waals surface area contributed by atoms with Crippen LogP contribution in [0, 0.1) is 5.92 Å². The van der Waals surface area contributed by atoms with Crippen molar-refractivity contribution in [2.24, 2.45) is 17.4 Å². The minimum Gasteiger partial charge on any atom is -0.508 e. The average Bonchev–Trinajstić information content (AvgIpc) is 2.22. The highest BCUT2D eigenvalue weighted by Crippen LogP contribution is 2.22. The minimum absolute atomic E-state index is 0.00880. The molecular formula is C66H89N13O12. The summed E-state index contributed by atoms with van der Waals surface area (Å²) in [4.78, 5) is 161. The third kappa shape index (κ3) is 22.6. The molecule has 11 amide bonds. The highest BCUT2D eigenvalue weighted by atomic mass is 16.3. The first-order valence-electron chi connectivity index (χ1n) is 31.3. The van der Waals surface area contributed by atoms with Gasteiger partial charge in [-0.3, -0.25) is 52.7 Å². The molecule has 2 aliphatic rings. The lowest BCUT2D eigenvalue weighted by Gasteiger charge is -2.31. The van der Waals surface area contributed by atoms with E-state index in [4.69, 9.17) is 11.5 Å². The Morgan fingerprint density at radius 3 is 1.48 bits per heavy atom. The second-order valence-corrected chi connectivity index (χ2v) is 23.3. The highest BCUT2D eigenvalue weighted by molar-refractivity contribution is 6.00. The predicted octanol–water partition coefficient (Wildman–Crippen LogP) is 0.102. The fraction of sp³-hybridized carbons (Fsp3) is 0.470. The molecule has 0 spiro atoms. The molecule has 0 saturated carbocycles. The topological polar surface area (TPSA) is 384 Å². The van der Waals surface area contributed by atoms with E-state index in [-0.39, 0.29) is 89.7 Å². The van der Waals surface area contributed by atoms with E-state index in [0.717, 1.165) is 0 Å². The van der Waals surface area contributed by atoms with Gasteiger partial charge in [0.2, 0.25) is 65.0 Å². The Hall–Kier alpha value is -9.23. The van der Waals surface area contributed by atoms with Crippen molar-refractivity contribution in [3.63, 3.8) is 0 Å². The number of fused-ring (bicyclic) bond motifs is 1. The fourth-order valence-corrected chi connectivity index (χ4v) is 10.8. The van der Waals surface area contributed by atoms with Crippen LogP contribution in [0.1, 0.15) is 101 Å². The number of hydrogen-bond donors (Lipinski definition) is 13. The van der Waals surface area contributed by atoms with Gasteiger partial charge in [-0.15, -0.1) is 0 Å². The first-order valence-corrected chi connectivity index (χ1v) is 31.3. The van der Waals surface area contributed by atoms with Gasteiger partial charge in [0.25, 0.3) is 0 Å². The summed E-state index contributed by atoms with van der Waals surface area (Å²) < 4.78 is 0. The molecule has 0 bridgehead atoms. The molecule has 2 fully saturated rings. The molecule has 490 valence electrons. The fourth-order valence-electron chi connectivity index (χ4n) is 10.8. The van der Waals surface area contributed by atoms with Crippen LogP contribution in [-0.4, -0.2) is 162 Å². The number of unbranched alkanes of at least 4 members (excludes halogenated alkanes) is 1. The van der Waals surface area contributed by atoms with Crippen LogP contribution in [-0.2, 0) is 78.4 Å². The van der Waals surface area contributed by atoms with E-state index >= 15 is 0 Å². The molecule has 91 heavy (non-hydrogen) atoms. The molecule has 2 aliphatic heterocycles. The number of carbonyl (C=O) groups is 11. The minimum atomic E-state index is -1.68.